The molecule has 3 N–H and O–H groups in total. The molecule has 0 spiro atoms. The number of anilines is 2. The number of nitrogens with one attached hydrogen (secondary N) is 1. The number of nitrogens with zero attached hydrogens (tertiary/aromatic N) is 2. The van der Waals surface area contributed by atoms with E-state index in [1.54, 1.807) is 7.11 Å². The highest BCUT2D eigenvalue weighted by Crippen LogP contribution is 2.24. The van der Waals surface area contributed by atoms with Crippen molar-refractivity contribution in [2.45, 2.75) is 6.54 Å². The smallest absolute Gasteiger partial charge is 0.318 e. The molecular weight excluding hydrogens is 280 g/mol. The van der Waals surface area contributed by atoms with Crippen LogP contribution in [0, 0.1) is 0 Å². The number of hydrogen-bond donors (Lipinski definition) is 2. The predicted molar refractivity (Wildman–Crippen MR) is 78.3 cm³/mol. The summed E-state index contributed by atoms with van der Waals surface area (Å²) in [7, 11) is 3.08. The van der Waals surface area contributed by atoms with E-state index in [1.165, 1.54) is 13.3 Å². The Labute approximate surface area is 121 Å². The van der Waals surface area contributed by atoms with Crippen molar-refractivity contribution in [2.24, 2.45) is 0 Å². The number of hydrogen-bond acceptors (Lipinski definition) is 6. The summed E-state index contributed by atoms with van der Waals surface area (Å²) in [4.78, 5) is 8.04. The molecule has 2 rings (SSSR count). The van der Waals surface area contributed by atoms with Crippen LogP contribution in [0.5, 0.6) is 11.8 Å². The van der Waals surface area contributed by atoms with E-state index in [1.807, 2.05) is 18.2 Å². The molecule has 0 saturated heterocycles. The molecule has 0 unspecified atom stereocenters. The summed E-state index contributed by atoms with van der Waals surface area (Å²) in [5.74, 6) is 1.16. The second kappa shape index (κ2) is 6.29. The predicted octanol–water partition coefficient (Wildman–Crippen LogP) is 2.34. The lowest BCUT2D eigenvalue weighted by Crippen LogP contribution is -2.04. The number of nitrogens with two attached hydrogens (primary N) is 1. The molecule has 0 amide bonds. The second-order valence-electron chi connectivity index (χ2n) is 3.98. The highest BCUT2D eigenvalue weighted by molar-refractivity contribution is 6.32. The molecule has 0 aliphatic carbocycles. The molecule has 1 heterocycles. The van der Waals surface area contributed by atoms with Gasteiger partial charge in [-0.05, 0) is 17.7 Å². The van der Waals surface area contributed by atoms with Crippen molar-refractivity contribution in [3.63, 3.8) is 0 Å². The molecule has 6 nitrogen and oxygen atoms in total. The topological polar surface area (TPSA) is 82.3 Å². The summed E-state index contributed by atoms with van der Waals surface area (Å²) in [6.07, 6.45) is 1.48. The van der Waals surface area contributed by atoms with Crippen molar-refractivity contribution in [1.29, 1.82) is 0 Å². The van der Waals surface area contributed by atoms with Crippen molar-refractivity contribution in [1.82, 2.24) is 9.97 Å². The van der Waals surface area contributed by atoms with E-state index < -0.39 is 0 Å². The number of ether oxygens (including phenoxy) is 2. The SMILES string of the molecule is COc1ncc(Cl)c(NCc2ccc(OC)c(N)c2)n1. The maximum atomic E-state index is 6.01. The number of halogens is 1. The highest BCUT2D eigenvalue weighted by Gasteiger charge is 2.06. The molecule has 0 fully saturated rings. The Hall–Kier alpha value is -2.21. The van der Waals surface area contributed by atoms with Crippen LogP contribution >= 0.6 is 11.6 Å². The molecule has 0 saturated carbocycles. The lowest BCUT2D eigenvalue weighted by molar-refractivity contribution is 0.380. The first-order chi connectivity index (χ1) is 9.63. The third-order valence-electron chi connectivity index (χ3n) is 2.66. The van der Waals surface area contributed by atoms with Crippen LogP contribution in [0.1, 0.15) is 5.56 Å². The van der Waals surface area contributed by atoms with Gasteiger partial charge in [-0.25, -0.2) is 4.98 Å². The first kappa shape index (κ1) is 14.2. The zero-order valence-electron chi connectivity index (χ0n) is 11.2. The number of benzene rings is 1. The molecule has 20 heavy (non-hydrogen) atoms. The van der Waals surface area contributed by atoms with Crippen LogP contribution in [0.3, 0.4) is 0 Å². The van der Waals surface area contributed by atoms with Gasteiger partial charge in [0.05, 0.1) is 26.1 Å². The van der Waals surface area contributed by atoms with Crippen LogP contribution in [-0.2, 0) is 6.54 Å². The second-order valence-corrected chi connectivity index (χ2v) is 4.39. The Bertz CT molecular complexity index is 607. The first-order valence-corrected chi connectivity index (χ1v) is 6.24. The van der Waals surface area contributed by atoms with Crippen molar-refractivity contribution in [2.75, 3.05) is 25.3 Å². The van der Waals surface area contributed by atoms with E-state index in [9.17, 15) is 0 Å². The first-order valence-electron chi connectivity index (χ1n) is 5.87. The number of rotatable bonds is 5. The molecule has 0 aliphatic rings. The van der Waals surface area contributed by atoms with Gasteiger partial charge in [-0.15, -0.1) is 0 Å². The Morgan fingerprint density at radius 2 is 2.10 bits per heavy atom. The fourth-order valence-electron chi connectivity index (χ4n) is 1.65. The quantitative estimate of drug-likeness (QED) is 0.824. The summed E-state index contributed by atoms with van der Waals surface area (Å²) in [6, 6.07) is 5.81. The maximum absolute atomic E-state index is 6.01. The van der Waals surface area contributed by atoms with E-state index in [0.717, 1.165) is 5.56 Å². The minimum absolute atomic E-state index is 0.256. The average molecular weight is 295 g/mol. The van der Waals surface area contributed by atoms with Crippen LogP contribution in [0.25, 0.3) is 0 Å². The van der Waals surface area contributed by atoms with Crippen LogP contribution < -0.4 is 20.5 Å². The van der Waals surface area contributed by atoms with Gasteiger partial charge in [0.2, 0.25) is 0 Å². The van der Waals surface area contributed by atoms with Gasteiger partial charge in [0.15, 0.2) is 5.82 Å². The van der Waals surface area contributed by atoms with E-state index in [2.05, 4.69) is 15.3 Å². The van der Waals surface area contributed by atoms with Gasteiger partial charge in [0.1, 0.15) is 10.8 Å². The largest absolute Gasteiger partial charge is 0.495 e. The minimum Gasteiger partial charge on any atom is -0.495 e. The van der Waals surface area contributed by atoms with Gasteiger partial charge in [-0.2, -0.15) is 4.98 Å². The zero-order valence-corrected chi connectivity index (χ0v) is 11.9. The molecule has 0 bridgehead atoms. The standard InChI is InChI=1S/C13H15ClN4O2/c1-19-11-4-3-8(5-10(11)15)6-16-12-9(14)7-17-13(18-12)20-2/h3-5,7H,6,15H2,1-2H3,(H,16,17,18). The average Bonchev–Trinajstić information content (AvgIpc) is 2.46. The van der Waals surface area contributed by atoms with E-state index in [4.69, 9.17) is 26.8 Å². The Morgan fingerprint density at radius 1 is 1.30 bits per heavy atom. The number of aromatic nitrogens is 2. The molecule has 0 aliphatic heterocycles. The van der Waals surface area contributed by atoms with Crippen LogP contribution in [-0.4, -0.2) is 24.2 Å². The summed E-state index contributed by atoms with van der Waals surface area (Å²) in [5, 5.41) is 3.53. The van der Waals surface area contributed by atoms with Gasteiger partial charge in [-0.3, -0.25) is 0 Å². The van der Waals surface area contributed by atoms with Gasteiger partial charge >= 0.3 is 6.01 Å². The lowest BCUT2D eigenvalue weighted by atomic mass is 10.2. The highest BCUT2D eigenvalue weighted by atomic mass is 35.5. The molecule has 1 aromatic heterocycles. The Morgan fingerprint density at radius 3 is 2.75 bits per heavy atom. The van der Waals surface area contributed by atoms with Gasteiger partial charge < -0.3 is 20.5 Å². The van der Waals surface area contributed by atoms with Crippen molar-refractivity contribution in [3.8, 4) is 11.8 Å². The number of methoxy groups -OCH3 is 2. The van der Waals surface area contributed by atoms with Crippen molar-refractivity contribution in [3.05, 3.63) is 35.0 Å². The molecule has 1 aromatic carbocycles. The van der Waals surface area contributed by atoms with Crippen molar-refractivity contribution < 1.29 is 9.47 Å². The van der Waals surface area contributed by atoms with Crippen LogP contribution in [0.4, 0.5) is 11.5 Å². The summed E-state index contributed by atoms with van der Waals surface area (Å²) in [6.45, 7) is 0.522. The molecular formula is C13H15ClN4O2. The molecule has 7 heteroatoms. The minimum atomic E-state index is 0.256. The Balaban J connectivity index is 2.10. The monoisotopic (exact) mass is 294 g/mol. The van der Waals surface area contributed by atoms with E-state index in [0.29, 0.717) is 28.8 Å². The molecule has 0 radical (unpaired) electrons. The fraction of sp³-hybridized carbons (Fsp3) is 0.231. The molecule has 106 valence electrons. The van der Waals surface area contributed by atoms with Crippen molar-refractivity contribution >= 4 is 23.1 Å². The van der Waals surface area contributed by atoms with Gasteiger partial charge in [0.25, 0.3) is 0 Å². The number of nitrogen functional groups attached to an aromatic ring is 1. The zero-order chi connectivity index (χ0) is 14.5. The summed E-state index contributed by atoms with van der Waals surface area (Å²) < 4.78 is 10.1. The third-order valence-corrected chi connectivity index (χ3v) is 2.94. The summed E-state index contributed by atoms with van der Waals surface area (Å²) >= 11 is 6.01. The summed E-state index contributed by atoms with van der Waals surface area (Å²) in [5.41, 5.74) is 7.42. The molecule has 0 atom stereocenters. The Kier molecular flexibility index (Phi) is 4.47. The van der Waals surface area contributed by atoms with Gasteiger partial charge in [0, 0.05) is 6.54 Å². The lowest BCUT2D eigenvalue weighted by Gasteiger charge is -2.10. The van der Waals surface area contributed by atoms with Crippen LogP contribution in [0.2, 0.25) is 5.02 Å². The maximum Gasteiger partial charge on any atom is 0.318 e. The molecule has 2 aromatic rings. The van der Waals surface area contributed by atoms with E-state index >= 15 is 0 Å². The fourth-order valence-corrected chi connectivity index (χ4v) is 1.81. The van der Waals surface area contributed by atoms with Crippen LogP contribution in [0.15, 0.2) is 24.4 Å². The van der Waals surface area contributed by atoms with Gasteiger partial charge in [-0.1, -0.05) is 17.7 Å². The third kappa shape index (κ3) is 3.21. The van der Waals surface area contributed by atoms with E-state index in [-0.39, 0.29) is 6.01 Å². The normalized spacial score (nSPS) is 10.2.